The maximum Gasteiger partial charge on any atom is 0.351 e. The molecule has 1 aromatic heterocycles. The molecule has 0 fully saturated rings. The van der Waals surface area contributed by atoms with Crippen LogP contribution in [0, 0.1) is 6.92 Å². The van der Waals surface area contributed by atoms with Gasteiger partial charge in [0.2, 0.25) is 0 Å². The van der Waals surface area contributed by atoms with Gasteiger partial charge >= 0.3 is 17.6 Å². The van der Waals surface area contributed by atoms with Gasteiger partial charge in [-0.2, -0.15) is 0 Å². The molecule has 0 atom stereocenters. The molecule has 0 bridgehead atoms. The van der Waals surface area contributed by atoms with Crippen LogP contribution in [-0.2, 0) is 0 Å². The van der Waals surface area contributed by atoms with Gasteiger partial charge in [-0.15, -0.1) is 0 Å². The number of hydrogen-bond donors (Lipinski definition) is 1. The number of aromatic carboxylic acids is 1. The minimum Gasteiger partial charge on any atom is -0.477 e. The van der Waals surface area contributed by atoms with Crippen LogP contribution in [0.25, 0.3) is 11.0 Å². The molecule has 1 heterocycles. The fraction of sp³-hybridized carbons (Fsp3) is 0.0556. The van der Waals surface area contributed by atoms with Crippen LogP contribution in [0.2, 0.25) is 0 Å². The number of carbonyl (C=O) groups is 2. The zero-order valence-electron chi connectivity index (χ0n) is 13.2. The molecule has 0 radical (unpaired) electrons. The first kappa shape index (κ1) is 18.3. The van der Waals surface area contributed by atoms with E-state index in [1.807, 2.05) is 0 Å². The number of hydrogen-bond acceptors (Lipinski definition) is 5. The van der Waals surface area contributed by atoms with Crippen LogP contribution >= 0.6 is 31.9 Å². The van der Waals surface area contributed by atoms with E-state index in [0.29, 0.717) is 19.9 Å². The summed E-state index contributed by atoms with van der Waals surface area (Å²) in [7, 11) is 0. The Morgan fingerprint density at radius 1 is 1.12 bits per heavy atom. The van der Waals surface area contributed by atoms with E-state index < -0.39 is 23.1 Å². The number of halogens is 2. The lowest BCUT2D eigenvalue weighted by atomic mass is 10.1. The van der Waals surface area contributed by atoms with Gasteiger partial charge in [-0.1, -0.05) is 18.2 Å². The number of esters is 1. The van der Waals surface area contributed by atoms with E-state index in [0.717, 1.165) is 5.56 Å². The largest absolute Gasteiger partial charge is 0.477 e. The second-order valence-electron chi connectivity index (χ2n) is 5.38. The molecule has 0 unspecified atom stereocenters. The summed E-state index contributed by atoms with van der Waals surface area (Å²) in [6.07, 6.45) is 0. The lowest BCUT2D eigenvalue weighted by molar-refractivity contribution is 0.0688. The summed E-state index contributed by atoms with van der Waals surface area (Å²) in [4.78, 5) is 35.6. The van der Waals surface area contributed by atoms with Crippen molar-refractivity contribution in [3.05, 3.63) is 72.5 Å². The second-order valence-corrected chi connectivity index (χ2v) is 7.02. The molecule has 2 aromatic carbocycles. The molecule has 0 aliphatic heterocycles. The number of benzene rings is 2. The van der Waals surface area contributed by atoms with E-state index in [1.165, 1.54) is 6.07 Å². The average molecular weight is 482 g/mol. The minimum absolute atomic E-state index is 0.0170. The molecule has 8 heteroatoms. The number of fused-ring (bicyclic) bond motifs is 1. The van der Waals surface area contributed by atoms with E-state index in [9.17, 15) is 14.4 Å². The van der Waals surface area contributed by atoms with Crippen LogP contribution in [0.1, 0.15) is 26.3 Å². The highest BCUT2D eigenvalue weighted by Gasteiger charge is 2.22. The van der Waals surface area contributed by atoms with Crippen molar-refractivity contribution in [3.63, 3.8) is 0 Å². The Bertz CT molecular complexity index is 1120. The highest BCUT2D eigenvalue weighted by Crippen LogP contribution is 2.39. The number of carbonyl (C=O) groups excluding carboxylic acids is 1. The number of carboxylic acid groups (broad SMARTS) is 1. The van der Waals surface area contributed by atoms with Gasteiger partial charge in [0.05, 0.1) is 10.0 Å². The highest BCUT2D eigenvalue weighted by atomic mass is 79.9. The van der Waals surface area contributed by atoms with Crippen LogP contribution in [0.4, 0.5) is 0 Å². The normalized spacial score (nSPS) is 10.7. The van der Waals surface area contributed by atoms with Crippen molar-refractivity contribution in [3.8, 4) is 5.75 Å². The molecule has 0 aliphatic rings. The van der Waals surface area contributed by atoms with Gasteiger partial charge in [0.15, 0.2) is 11.3 Å². The maximum atomic E-state index is 12.5. The standard InChI is InChI=1S/C18H10Br2O6/c1-8-4-2-3-5-10(8)17(23)26-15-13(20)12(19)7-9-6-11(16(21)22)18(24)25-14(9)15/h2-7H,1H3,(H,21,22). The van der Waals surface area contributed by atoms with E-state index >= 15 is 0 Å². The fourth-order valence-electron chi connectivity index (χ4n) is 2.37. The Morgan fingerprint density at radius 3 is 2.46 bits per heavy atom. The molecule has 132 valence electrons. The van der Waals surface area contributed by atoms with E-state index in [-0.39, 0.29) is 11.3 Å². The molecular weight excluding hydrogens is 472 g/mol. The van der Waals surface area contributed by atoms with E-state index in [1.54, 1.807) is 37.3 Å². The summed E-state index contributed by atoms with van der Waals surface area (Å²) >= 11 is 6.59. The summed E-state index contributed by atoms with van der Waals surface area (Å²) in [6.45, 7) is 1.77. The van der Waals surface area contributed by atoms with Crippen LogP contribution in [-0.4, -0.2) is 17.0 Å². The third-order valence-corrected chi connectivity index (χ3v) is 5.61. The fourth-order valence-corrected chi connectivity index (χ4v) is 3.17. The monoisotopic (exact) mass is 480 g/mol. The molecule has 3 rings (SSSR count). The summed E-state index contributed by atoms with van der Waals surface area (Å²) in [5, 5.41) is 9.37. The Morgan fingerprint density at radius 2 is 1.81 bits per heavy atom. The number of carboxylic acids is 1. The molecule has 0 saturated heterocycles. The molecule has 0 aliphatic carbocycles. The Hall–Kier alpha value is -2.45. The molecular formula is C18H10Br2O6. The quantitative estimate of drug-likeness (QED) is 0.335. The highest BCUT2D eigenvalue weighted by molar-refractivity contribution is 9.13. The topological polar surface area (TPSA) is 93.8 Å². The molecule has 0 saturated carbocycles. The van der Waals surface area contributed by atoms with Crippen molar-refractivity contribution in [1.29, 1.82) is 0 Å². The van der Waals surface area contributed by atoms with Crippen molar-refractivity contribution in [2.75, 3.05) is 0 Å². The Labute approximate surface area is 163 Å². The van der Waals surface area contributed by atoms with Gasteiger partial charge in [-0.25, -0.2) is 14.4 Å². The first-order valence-electron chi connectivity index (χ1n) is 7.26. The minimum atomic E-state index is -1.40. The van der Waals surface area contributed by atoms with Gasteiger partial charge in [0, 0.05) is 9.86 Å². The maximum absolute atomic E-state index is 12.5. The van der Waals surface area contributed by atoms with Gasteiger partial charge in [0.1, 0.15) is 5.56 Å². The van der Waals surface area contributed by atoms with Gasteiger partial charge in [-0.3, -0.25) is 0 Å². The van der Waals surface area contributed by atoms with Gasteiger partial charge in [-0.05, 0) is 62.5 Å². The summed E-state index contributed by atoms with van der Waals surface area (Å²) in [5.41, 5.74) is -0.494. The second kappa shape index (κ2) is 7.05. The summed E-state index contributed by atoms with van der Waals surface area (Å²) in [6, 6.07) is 9.61. The Kier molecular flexibility index (Phi) is 4.97. The number of ether oxygens (including phenoxy) is 1. The Balaban J connectivity index is 2.19. The predicted octanol–water partition coefficient (Wildman–Crippen LogP) is 4.54. The van der Waals surface area contributed by atoms with Gasteiger partial charge < -0.3 is 14.3 Å². The smallest absolute Gasteiger partial charge is 0.351 e. The van der Waals surface area contributed by atoms with Crippen molar-refractivity contribution in [2.45, 2.75) is 6.92 Å². The summed E-state index contributed by atoms with van der Waals surface area (Å²) < 4.78 is 11.5. The zero-order chi connectivity index (χ0) is 19.0. The first-order chi connectivity index (χ1) is 12.3. The molecule has 1 N–H and O–H groups in total. The molecule has 0 amide bonds. The third kappa shape index (κ3) is 3.30. The number of rotatable bonds is 3. The van der Waals surface area contributed by atoms with E-state index in [2.05, 4.69) is 31.9 Å². The number of aryl methyl sites for hydroxylation is 1. The average Bonchev–Trinajstić information content (AvgIpc) is 2.59. The summed E-state index contributed by atoms with van der Waals surface area (Å²) in [5.74, 6) is -2.05. The van der Waals surface area contributed by atoms with E-state index in [4.69, 9.17) is 14.3 Å². The van der Waals surface area contributed by atoms with Gasteiger partial charge in [0.25, 0.3) is 0 Å². The van der Waals surface area contributed by atoms with Crippen molar-refractivity contribution >= 4 is 54.8 Å². The lowest BCUT2D eigenvalue weighted by Crippen LogP contribution is -2.14. The van der Waals surface area contributed by atoms with Crippen LogP contribution in [0.5, 0.6) is 5.75 Å². The first-order valence-corrected chi connectivity index (χ1v) is 8.85. The van der Waals surface area contributed by atoms with Crippen molar-refractivity contribution in [1.82, 2.24) is 0 Å². The molecule has 6 nitrogen and oxygen atoms in total. The molecule has 26 heavy (non-hydrogen) atoms. The van der Waals surface area contributed by atoms with Crippen LogP contribution in [0.15, 0.2) is 54.6 Å². The lowest BCUT2D eigenvalue weighted by Gasteiger charge is -2.11. The SMILES string of the molecule is Cc1ccccc1C(=O)Oc1c(Br)c(Br)cc2cc(C(=O)O)c(=O)oc12. The third-order valence-electron chi connectivity index (χ3n) is 3.66. The van der Waals surface area contributed by atoms with Crippen LogP contribution < -0.4 is 10.4 Å². The zero-order valence-corrected chi connectivity index (χ0v) is 16.4. The predicted molar refractivity (Wildman–Crippen MR) is 101 cm³/mol. The molecule has 0 spiro atoms. The van der Waals surface area contributed by atoms with Crippen molar-refractivity contribution in [2.24, 2.45) is 0 Å². The van der Waals surface area contributed by atoms with Crippen LogP contribution in [0.3, 0.4) is 0 Å². The molecule has 3 aromatic rings. The van der Waals surface area contributed by atoms with Crippen molar-refractivity contribution < 1.29 is 23.8 Å².